The first-order valence-electron chi connectivity index (χ1n) is 9.29. The number of carbonyl (C=O) groups excluding carboxylic acids is 2. The number of ether oxygens (including phenoxy) is 3. The Balaban J connectivity index is 1.97. The van der Waals surface area contributed by atoms with Crippen molar-refractivity contribution >= 4 is 11.9 Å². The highest BCUT2D eigenvalue weighted by Gasteiger charge is 2.63. The minimum atomic E-state index is -0.838. The maximum absolute atomic E-state index is 12.4. The van der Waals surface area contributed by atoms with Crippen LogP contribution in [0.3, 0.4) is 0 Å². The SMILES string of the molecule is C=C1C(=O)OC2C(O)C(C)CCCC3(C)OC3C(OC(=O)C(C)=CC)C12. The van der Waals surface area contributed by atoms with E-state index in [0.717, 1.165) is 19.3 Å². The Morgan fingerprint density at radius 2 is 2.15 bits per heavy atom. The van der Waals surface area contributed by atoms with Gasteiger partial charge in [-0.1, -0.05) is 26.0 Å². The summed E-state index contributed by atoms with van der Waals surface area (Å²) in [5.74, 6) is -1.66. The number of fused-ring (bicyclic) bond motifs is 2. The molecular weight excluding hydrogens is 336 g/mol. The van der Waals surface area contributed by atoms with E-state index >= 15 is 0 Å². The van der Waals surface area contributed by atoms with Gasteiger partial charge in [0.15, 0.2) is 0 Å². The summed E-state index contributed by atoms with van der Waals surface area (Å²) < 4.78 is 17.2. The van der Waals surface area contributed by atoms with Crippen molar-refractivity contribution < 1.29 is 28.9 Å². The van der Waals surface area contributed by atoms with Gasteiger partial charge in [-0.15, -0.1) is 0 Å². The van der Waals surface area contributed by atoms with Gasteiger partial charge in [-0.3, -0.25) is 0 Å². The Labute approximate surface area is 154 Å². The fourth-order valence-electron chi connectivity index (χ4n) is 4.07. The minimum Gasteiger partial charge on any atom is -0.455 e. The number of rotatable bonds is 2. The summed E-state index contributed by atoms with van der Waals surface area (Å²) in [5, 5.41) is 10.8. The van der Waals surface area contributed by atoms with E-state index in [1.165, 1.54) is 0 Å². The van der Waals surface area contributed by atoms with Crippen LogP contribution in [0, 0.1) is 11.8 Å². The fourth-order valence-corrected chi connectivity index (χ4v) is 4.07. The third kappa shape index (κ3) is 3.21. The van der Waals surface area contributed by atoms with Crippen molar-refractivity contribution in [2.75, 3.05) is 0 Å². The summed E-state index contributed by atoms with van der Waals surface area (Å²) in [5.41, 5.74) is 0.314. The van der Waals surface area contributed by atoms with Gasteiger partial charge < -0.3 is 19.3 Å². The van der Waals surface area contributed by atoms with E-state index in [1.807, 2.05) is 13.8 Å². The predicted octanol–water partition coefficient (Wildman–Crippen LogP) is 2.30. The van der Waals surface area contributed by atoms with Gasteiger partial charge in [0, 0.05) is 11.1 Å². The summed E-state index contributed by atoms with van der Waals surface area (Å²) in [6.45, 7) is 11.2. The van der Waals surface area contributed by atoms with Gasteiger partial charge in [-0.05, 0) is 39.5 Å². The van der Waals surface area contributed by atoms with E-state index in [1.54, 1.807) is 19.9 Å². The van der Waals surface area contributed by atoms with Crippen molar-refractivity contribution in [3.8, 4) is 0 Å². The lowest BCUT2D eigenvalue weighted by Crippen LogP contribution is -2.46. The van der Waals surface area contributed by atoms with Crippen molar-refractivity contribution in [3.05, 3.63) is 23.8 Å². The molecular formula is C20H28O6. The molecule has 0 spiro atoms. The van der Waals surface area contributed by atoms with E-state index < -0.39 is 41.8 Å². The summed E-state index contributed by atoms with van der Waals surface area (Å²) in [7, 11) is 0. The molecule has 2 saturated heterocycles. The van der Waals surface area contributed by atoms with Gasteiger partial charge in [0.05, 0.1) is 17.6 Å². The first kappa shape index (κ1) is 19.1. The number of hydrogen-bond acceptors (Lipinski definition) is 6. The molecule has 2 aliphatic heterocycles. The van der Waals surface area contributed by atoms with Gasteiger partial charge in [0.2, 0.25) is 0 Å². The third-order valence-corrected chi connectivity index (χ3v) is 6.11. The second kappa shape index (κ2) is 6.82. The van der Waals surface area contributed by atoms with Crippen LogP contribution in [0.5, 0.6) is 0 Å². The molecule has 1 N–H and O–H groups in total. The number of carbonyl (C=O) groups is 2. The average molecular weight is 364 g/mol. The molecule has 0 aromatic rings. The Morgan fingerprint density at radius 3 is 2.81 bits per heavy atom. The monoisotopic (exact) mass is 364 g/mol. The highest BCUT2D eigenvalue weighted by atomic mass is 16.6. The Morgan fingerprint density at radius 1 is 1.46 bits per heavy atom. The second-order valence-electron chi connectivity index (χ2n) is 7.97. The first-order chi connectivity index (χ1) is 12.2. The summed E-state index contributed by atoms with van der Waals surface area (Å²) in [4.78, 5) is 24.6. The lowest BCUT2D eigenvalue weighted by Gasteiger charge is -2.32. The first-order valence-corrected chi connectivity index (χ1v) is 9.29. The van der Waals surface area contributed by atoms with Gasteiger partial charge in [-0.25, -0.2) is 9.59 Å². The van der Waals surface area contributed by atoms with Crippen LogP contribution in [-0.2, 0) is 23.8 Å². The third-order valence-electron chi connectivity index (χ3n) is 6.11. The molecule has 3 rings (SSSR count). The molecule has 0 bridgehead atoms. The van der Waals surface area contributed by atoms with E-state index in [-0.39, 0.29) is 17.6 Å². The van der Waals surface area contributed by atoms with Crippen LogP contribution < -0.4 is 0 Å². The summed E-state index contributed by atoms with van der Waals surface area (Å²) in [6.07, 6.45) is 1.50. The number of allylic oxidation sites excluding steroid dienone is 1. The van der Waals surface area contributed by atoms with Crippen molar-refractivity contribution in [3.63, 3.8) is 0 Å². The maximum Gasteiger partial charge on any atom is 0.334 e. The van der Waals surface area contributed by atoms with Crippen LogP contribution in [0.2, 0.25) is 0 Å². The van der Waals surface area contributed by atoms with E-state index in [4.69, 9.17) is 14.2 Å². The van der Waals surface area contributed by atoms with Crippen molar-refractivity contribution in [1.82, 2.24) is 0 Å². The normalized spacial score (nSPS) is 43.2. The van der Waals surface area contributed by atoms with Crippen molar-refractivity contribution in [1.29, 1.82) is 0 Å². The molecule has 3 fully saturated rings. The molecule has 3 aliphatic rings. The molecule has 1 saturated carbocycles. The maximum atomic E-state index is 12.4. The highest BCUT2D eigenvalue weighted by molar-refractivity contribution is 5.91. The molecule has 2 heterocycles. The predicted molar refractivity (Wildman–Crippen MR) is 94.1 cm³/mol. The molecule has 26 heavy (non-hydrogen) atoms. The van der Waals surface area contributed by atoms with Gasteiger partial charge >= 0.3 is 11.9 Å². The number of aliphatic hydroxyl groups excluding tert-OH is 1. The molecule has 6 nitrogen and oxygen atoms in total. The van der Waals surface area contributed by atoms with Crippen LogP contribution in [-0.4, -0.2) is 47.1 Å². The Kier molecular flexibility index (Phi) is 5.01. The molecule has 0 amide bonds. The van der Waals surface area contributed by atoms with Crippen LogP contribution in [0.4, 0.5) is 0 Å². The van der Waals surface area contributed by atoms with E-state index in [0.29, 0.717) is 5.57 Å². The standard InChI is InChI=1S/C20H28O6/c1-6-10(2)18(22)25-16-13-12(4)19(23)24-15(13)14(21)11(3)8-7-9-20(5)17(16)26-20/h6,11,13-17,21H,4,7-9H2,1-3,5H3. The van der Waals surface area contributed by atoms with Gasteiger partial charge in [-0.2, -0.15) is 0 Å². The number of esters is 2. The lowest BCUT2D eigenvalue weighted by molar-refractivity contribution is -0.154. The Hall–Kier alpha value is -1.66. The van der Waals surface area contributed by atoms with Crippen molar-refractivity contribution in [2.45, 2.75) is 77.0 Å². The minimum absolute atomic E-state index is 0.0475. The summed E-state index contributed by atoms with van der Waals surface area (Å²) in [6, 6.07) is 0. The average Bonchev–Trinajstić information content (AvgIpc) is 3.18. The van der Waals surface area contributed by atoms with Crippen LogP contribution in [0.25, 0.3) is 0 Å². The quantitative estimate of drug-likeness (QED) is 0.460. The molecule has 7 atom stereocenters. The molecule has 144 valence electrons. The zero-order valence-corrected chi connectivity index (χ0v) is 15.9. The lowest BCUT2D eigenvalue weighted by atomic mass is 9.78. The van der Waals surface area contributed by atoms with Crippen LogP contribution in [0.1, 0.15) is 47.0 Å². The smallest absolute Gasteiger partial charge is 0.334 e. The highest BCUT2D eigenvalue weighted by Crippen LogP contribution is 2.50. The number of hydrogen-bond donors (Lipinski definition) is 1. The zero-order chi connectivity index (χ0) is 19.2. The zero-order valence-electron chi connectivity index (χ0n) is 15.9. The fraction of sp³-hybridized carbons (Fsp3) is 0.700. The largest absolute Gasteiger partial charge is 0.455 e. The molecule has 0 aromatic carbocycles. The van der Waals surface area contributed by atoms with Crippen molar-refractivity contribution in [2.24, 2.45) is 11.8 Å². The molecule has 6 heteroatoms. The number of epoxide rings is 1. The van der Waals surface area contributed by atoms with Gasteiger partial charge in [0.1, 0.15) is 18.3 Å². The Bertz CT molecular complexity index is 653. The molecule has 0 aromatic heterocycles. The summed E-state index contributed by atoms with van der Waals surface area (Å²) >= 11 is 0. The molecule has 0 radical (unpaired) electrons. The van der Waals surface area contributed by atoms with Gasteiger partial charge in [0.25, 0.3) is 0 Å². The van der Waals surface area contributed by atoms with Crippen LogP contribution >= 0.6 is 0 Å². The second-order valence-corrected chi connectivity index (χ2v) is 7.97. The number of aliphatic hydroxyl groups is 1. The van der Waals surface area contributed by atoms with Crippen LogP contribution in [0.15, 0.2) is 23.8 Å². The topological polar surface area (TPSA) is 85.4 Å². The van der Waals surface area contributed by atoms with E-state index in [2.05, 4.69) is 6.58 Å². The van der Waals surface area contributed by atoms with E-state index in [9.17, 15) is 14.7 Å². The molecule has 1 aliphatic carbocycles. The molecule has 7 unspecified atom stereocenters.